The predicted molar refractivity (Wildman–Crippen MR) is 77.0 cm³/mol. The maximum atomic E-state index is 11.8. The van der Waals surface area contributed by atoms with E-state index in [1.54, 1.807) is 7.11 Å². The third kappa shape index (κ3) is 4.61. The Kier molecular flexibility index (Phi) is 5.87. The Labute approximate surface area is 115 Å². The van der Waals surface area contributed by atoms with Crippen molar-refractivity contribution in [3.63, 3.8) is 0 Å². The summed E-state index contributed by atoms with van der Waals surface area (Å²) in [6, 6.07) is 5.36. The zero-order valence-electron chi connectivity index (χ0n) is 10.00. The molecule has 0 aliphatic carbocycles. The number of carbonyl (C=O) groups excluding carboxylic acids is 1. The van der Waals surface area contributed by atoms with Crippen molar-refractivity contribution in [3.8, 4) is 0 Å². The monoisotopic (exact) mass is 348 g/mol. The third-order valence-electron chi connectivity index (χ3n) is 2.43. The van der Waals surface area contributed by atoms with Crippen LogP contribution in [0, 0.1) is 10.5 Å². The first kappa shape index (κ1) is 14.4. The van der Waals surface area contributed by atoms with Gasteiger partial charge in [-0.05, 0) is 53.6 Å². The van der Waals surface area contributed by atoms with Crippen molar-refractivity contribution in [1.82, 2.24) is 0 Å². The molecule has 94 valence electrons. The van der Waals surface area contributed by atoms with E-state index < -0.39 is 6.04 Å². The van der Waals surface area contributed by atoms with Gasteiger partial charge in [-0.2, -0.15) is 0 Å². The maximum absolute atomic E-state index is 11.8. The number of methoxy groups -OCH3 is 1. The van der Waals surface area contributed by atoms with Crippen LogP contribution in [0.3, 0.4) is 0 Å². The van der Waals surface area contributed by atoms with Crippen LogP contribution >= 0.6 is 22.6 Å². The van der Waals surface area contributed by atoms with Crippen LogP contribution in [0.4, 0.5) is 5.69 Å². The number of aryl methyl sites for hydroxylation is 1. The van der Waals surface area contributed by atoms with E-state index in [2.05, 4.69) is 27.9 Å². The Morgan fingerprint density at radius 3 is 2.94 bits per heavy atom. The number of nitrogens with one attached hydrogen (secondary N) is 1. The number of halogens is 1. The molecule has 1 unspecified atom stereocenters. The standard InChI is InChI=1S/C12H17IN2O2/c1-8-3-4-9(13)7-11(8)15-12(16)10(14)5-6-17-2/h3-4,7,10H,5-6,14H2,1-2H3,(H,15,16). The lowest BCUT2D eigenvalue weighted by molar-refractivity contribution is -0.117. The first-order valence-corrected chi connectivity index (χ1v) is 6.44. The van der Waals surface area contributed by atoms with E-state index >= 15 is 0 Å². The molecule has 0 bridgehead atoms. The Hall–Kier alpha value is -0.660. The largest absolute Gasteiger partial charge is 0.385 e. The molecule has 1 aromatic rings. The van der Waals surface area contributed by atoms with Crippen LogP contribution in [-0.2, 0) is 9.53 Å². The molecular formula is C12H17IN2O2. The fraction of sp³-hybridized carbons (Fsp3) is 0.417. The highest BCUT2D eigenvalue weighted by Gasteiger charge is 2.14. The number of carbonyl (C=O) groups is 1. The summed E-state index contributed by atoms with van der Waals surface area (Å²) in [6.45, 7) is 2.44. The second-order valence-corrected chi connectivity index (χ2v) is 5.08. The summed E-state index contributed by atoms with van der Waals surface area (Å²) in [5, 5.41) is 2.84. The molecule has 17 heavy (non-hydrogen) atoms. The highest BCUT2D eigenvalue weighted by Crippen LogP contribution is 2.18. The molecule has 0 fully saturated rings. The van der Waals surface area contributed by atoms with Crippen LogP contribution in [-0.4, -0.2) is 25.7 Å². The van der Waals surface area contributed by atoms with Crippen LogP contribution in [0.2, 0.25) is 0 Å². The molecule has 4 nitrogen and oxygen atoms in total. The molecule has 1 atom stereocenters. The van der Waals surface area contributed by atoms with Crippen molar-refractivity contribution in [2.45, 2.75) is 19.4 Å². The van der Waals surface area contributed by atoms with E-state index in [-0.39, 0.29) is 5.91 Å². The summed E-state index contributed by atoms with van der Waals surface area (Å²) in [7, 11) is 1.59. The molecule has 0 radical (unpaired) electrons. The summed E-state index contributed by atoms with van der Waals surface area (Å²) in [5.41, 5.74) is 7.59. The van der Waals surface area contributed by atoms with Gasteiger partial charge in [0.25, 0.3) is 0 Å². The van der Waals surface area contributed by atoms with Gasteiger partial charge in [0.15, 0.2) is 0 Å². The van der Waals surface area contributed by atoms with Gasteiger partial charge in [0.2, 0.25) is 5.91 Å². The van der Waals surface area contributed by atoms with Gasteiger partial charge in [0, 0.05) is 23.0 Å². The molecule has 0 aliphatic rings. The summed E-state index contributed by atoms with van der Waals surface area (Å²) in [4.78, 5) is 11.8. The number of ether oxygens (including phenoxy) is 1. The number of anilines is 1. The van der Waals surface area contributed by atoms with Crippen molar-refractivity contribution < 1.29 is 9.53 Å². The molecule has 1 aromatic carbocycles. The van der Waals surface area contributed by atoms with Gasteiger partial charge < -0.3 is 15.8 Å². The Morgan fingerprint density at radius 2 is 2.29 bits per heavy atom. The number of hydrogen-bond donors (Lipinski definition) is 2. The summed E-state index contributed by atoms with van der Waals surface area (Å²) >= 11 is 2.21. The van der Waals surface area contributed by atoms with Crippen molar-refractivity contribution in [1.29, 1.82) is 0 Å². The second-order valence-electron chi connectivity index (χ2n) is 3.84. The molecule has 3 N–H and O–H groups in total. The van der Waals surface area contributed by atoms with Gasteiger partial charge in [-0.15, -0.1) is 0 Å². The molecule has 1 amide bonds. The normalized spacial score (nSPS) is 12.2. The SMILES string of the molecule is COCCC(N)C(=O)Nc1cc(I)ccc1C. The summed E-state index contributed by atoms with van der Waals surface area (Å²) in [5.74, 6) is -0.174. The quantitative estimate of drug-likeness (QED) is 0.799. The minimum Gasteiger partial charge on any atom is -0.385 e. The van der Waals surface area contributed by atoms with E-state index in [4.69, 9.17) is 10.5 Å². The summed E-state index contributed by atoms with van der Waals surface area (Å²) < 4.78 is 5.97. The first-order valence-electron chi connectivity index (χ1n) is 5.36. The van der Waals surface area contributed by atoms with E-state index in [0.717, 1.165) is 14.8 Å². The van der Waals surface area contributed by atoms with Gasteiger partial charge in [-0.3, -0.25) is 4.79 Å². The molecule has 0 aromatic heterocycles. The third-order valence-corrected chi connectivity index (χ3v) is 3.10. The van der Waals surface area contributed by atoms with Crippen LogP contribution in [0.5, 0.6) is 0 Å². The van der Waals surface area contributed by atoms with Crippen LogP contribution < -0.4 is 11.1 Å². The lowest BCUT2D eigenvalue weighted by atomic mass is 10.1. The van der Waals surface area contributed by atoms with Crippen LogP contribution in [0.15, 0.2) is 18.2 Å². The number of benzene rings is 1. The number of hydrogen-bond acceptors (Lipinski definition) is 3. The fourth-order valence-electron chi connectivity index (χ4n) is 1.33. The predicted octanol–water partition coefficient (Wildman–Crippen LogP) is 1.90. The first-order chi connectivity index (χ1) is 8.04. The Morgan fingerprint density at radius 1 is 1.59 bits per heavy atom. The van der Waals surface area contributed by atoms with Gasteiger partial charge in [-0.25, -0.2) is 0 Å². The van der Waals surface area contributed by atoms with E-state index in [9.17, 15) is 4.79 Å². The van der Waals surface area contributed by atoms with Crippen molar-refractivity contribution in [3.05, 3.63) is 27.3 Å². The lowest BCUT2D eigenvalue weighted by Crippen LogP contribution is -2.36. The Balaban J connectivity index is 2.64. The zero-order chi connectivity index (χ0) is 12.8. The maximum Gasteiger partial charge on any atom is 0.241 e. The smallest absolute Gasteiger partial charge is 0.241 e. The van der Waals surface area contributed by atoms with Gasteiger partial charge >= 0.3 is 0 Å². The molecule has 0 saturated heterocycles. The van der Waals surface area contributed by atoms with Crippen molar-refractivity contribution in [2.75, 3.05) is 19.0 Å². The molecule has 5 heteroatoms. The summed E-state index contributed by atoms with van der Waals surface area (Å²) in [6.07, 6.45) is 0.519. The average molecular weight is 348 g/mol. The average Bonchev–Trinajstić information content (AvgIpc) is 2.30. The van der Waals surface area contributed by atoms with Crippen LogP contribution in [0.25, 0.3) is 0 Å². The minimum absolute atomic E-state index is 0.174. The molecule has 0 spiro atoms. The highest BCUT2D eigenvalue weighted by atomic mass is 127. The Bertz CT molecular complexity index is 396. The zero-order valence-corrected chi connectivity index (χ0v) is 12.2. The van der Waals surface area contributed by atoms with E-state index in [0.29, 0.717) is 13.0 Å². The molecule has 0 aliphatic heterocycles. The van der Waals surface area contributed by atoms with E-state index in [1.807, 2.05) is 25.1 Å². The van der Waals surface area contributed by atoms with Crippen molar-refractivity contribution >= 4 is 34.2 Å². The minimum atomic E-state index is -0.535. The van der Waals surface area contributed by atoms with Crippen LogP contribution in [0.1, 0.15) is 12.0 Å². The second kappa shape index (κ2) is 6.93. The molecule has 0 saturated carbocycles. The van der Waals surface area contributed by atoms with Gasteiger partial charge in [0.1, 0.15) is 0 Å². The topological polar surface area (TPSA) is 64.3 Å². The number of rotatable bonds is 5. The highest BCUT2D eigenvalue weighted by molar-refractivity contribution is 14.1. The molecule has 0 heterocycles. The van der Waals surface area contributed by atoms with Gasteiger partial charge in [-0.1, -0.05) is 6.07 Å². The molecule has 1 rings (SSSR count). The molecular weight excluding hydrogens is 331 g/mol. The lowest BCUT2D eigenvalue weighted by Gasteiger charge is -2.13. The van der Waals surface area contributed by atoms with Gasteiger partial charge in [0.05, 0.1) is 6.04 Å². The number of nitrogens with two attached hydrogens (primary N) is 1. The fourth-order valence-corrected chi connectivity index (χ4v) is 1.82. The van der Waals surface area contributed by atoms with Crippen molar-refractivity contribution in [2.24, 2.45) is 5.73 Å². The van der Waals surface area contributed by atoms with E-state index in [1.165, 1.54) is 0 Å². The number of amides is 1.